The van der Waals surface area contributed by atoms with Crippen LogP contribution in [-0.2, 0) is 11.8 Å². The highest BCUT2D eigenvalue weighted by molar-refractivity contribution is 9.10. The van der Waals surface area contributed by atoms with Crippen molar-refractivity contribution in [2.75, 3.05) is 6.61 Å². The lowest BCUT2D eigenvalue weighted by molar-refractivity contribution is 0.0513. The lowest BCUT2D eigenvalue weighted by Crippen LogP contribution is -2.14. The quantitative estimate of drug-likeness (QED) is 0.837. The molecule has 1 N–H and O–H groups in total. The van der Waals surface area contributed by atoms with Gasteiger partial charge in [-0.15, -0.1) is 0 Å². The molecule has 1 atom stereocenters. The maximum absolute atomic E-state index is 12.0. The van der Waals surface area contributed by atoms with Crippen molar-refractivity contribution in [1.29, 1.82) is 0 Å². The summed E-state index contributed by atoms with van der Waals surface area (Å²) < 4.78 is 7.02. The molecule has 0 bridgehead atoms. The van der Waals surface area contributed by atoms with Crippen molar-refractivity contribution >= 4 is 33.5 Å². The molecule has 2 rings (SSSR count). The van der Waals surface area contributed by atoms with E-state index in [-0.39, 0.29) is 12.3 Å². The molecule has 0 spiro atoms. The Labute approximate surface area is 135 Å². The van der Waals surface area contributed by atoms with E-state index in [1.54, 1.807) is 42.8 Å². The Morgan fingerprint density at radius 2 is 2.10 bits per heavy atom. The highest BCUT2D eigenvalue weighted by Gasteiger charge is 2.27. The molecule has 0 saturated carbocycles. The number of carbonyl (C=O) groups excluding carboxylic acids is 1. The van der Waals surface area contributed by atoms with Gasteiger partial charge in [-0.1, -0.05) is 23.7 Å². The summed E-state index contributed by atoms with van der Waals surface area (Å²) in [4.78, 5) is 16.1. The van der Waals surface area contributed by atoms with Gasteiger partial charge in [0.2, 0.25) is 0 Å². The first-order valence-corrected chi connectivity index (χ1v) is 7.45. The Hall–Kier alpha value is -1.37. The first-order valence-electron chi connectivity index (χ1n) is 6.28. The van der Waals surface area contributed by atoms with E-state index < -0.39 is 12.1 Å². The van der Waals surface area contributed by atoms with Crippen molar-refractivity contribution in [1.82, 2.24) is 9.55 Å². The van der Waals surface area contributed by atoms with Gasteiger partial charge in [-0.25, -0.2) is 9.78 Å². The normalized spacial score (nSPS) is 12.2. The average Bonchev–Trinajstić information content (AvgIpc) is 2.75. The molecule has 5 nitrogen and oxygen atoms in total. The summed E-state index contributed by atoms with van der Waals surface area (Å²) in [5, 5.41) is 11.1. The predicted molar refractivity (Wildman–Crippen MR) is 82.4 cm³/mol. The van der Waals surface area contributed by atoms with Gasteiger partial charge < -0.3 is 14.4 Å². The van der Waals surface area contributed by atoms with E-state index in [0.29, 0.717) is 21.0 Å². The van der Waals surface area contributed by atoms with E-state index >= 15 is 0 Å². The molecule has 0 aliphatic carbocycles. The zero-order chi connectivity index (χ0) is 15.6. The number of rotatable bonds is 4. The molecule has 1 unspecified atom stereocenters. The minimum atomic E-state index is -1.01. The first-order chi connectivity index (χ1) is 9.95. The third kappa shape index (κ3) is 3.28. The summed E-state index contributed by atoms with van der Waals surface area (Å²) in [6, 6.07) is 6.75. The molecule has 1 aromatic heterocycles. The second-order valence-corrected chi connectivity index (χ2v) is 5.49. The number of benzene rings is 1. The number of hydrogen-bond acceptors (Lipinski definition) is 4. The van der Waals surface area contributed by atoms with Crippen molar-refractivity contribution < 1.29 is 14.6 Å². The zero-order valence-corrected chi connectivity index (χ0v) is 13.8. The van der Waals surface area contributed by atoms with Gasteiger partial charge in [0.1, 0.15) is 6.10 Å². The maximum Gasteiger partial charge on any atom is 0.358 e. The number of imidazole rings is 1. The van der Waals surface area contributed by atoms with E-state index in [0.717, 1.165) is 0 Å². The number of carbonyl (C=O) groups is 1. The number of nitrogens with zero attached hydrogens (tertiary/aromatic N) is 2. The molecule has 0 amide bonds. The molecular formula is C14H14BrClN2O3. The van der Waals surface area contributed by atoms with Crippen LogP contribution in [0.25, 0.3) is 0 Å². The minimum absolute atomic E-state index is 0.0914. The van der Waals surface area contributed by atoms with Crippen molar-refractivity contribution in [3.05, 3.63) is 51.0 Å². The highest BCUT2D eigenvalue weighted by atomic mass is 79.9. The van der Waals surface area contributed by atoms with Crippen LogP contribution in [0.1, 0.15) is 34.8 Å². The summed E-state index contributed by atoms with van der Waals surface area (Å²) in [5.41, 5.74) is 1.07. The van der Waals surface area contributed by atoms with Crippen LogP contribution in [0.2, 0.25) is 5.02 Å². The van der Waals surface area contributed by atoms with Crippen molar-refractivity contribution in [2.24, 2.45) is 7.05 Å². The van der Waals surface area contributed by atoms with Gasteiger partial charge in [0.25, 0.3) is 0 Å². The Morgan fingerprint density at radius 3 is 2.67 bits per heavy atom. The summed E-state index contributed by atoms with van der Waals surface area (Å²) in [5.74, 6) is -0.568. The largest absolute Gasteiger partial charge is 0.461 e. The number of halogens is 2. The van der Waals surface area contributed by atoms with Gasteiger partial charge in [0.05, 0.1) is 12.3 Å². The lowest BCUT2D eigenvalue weighted by atomic mass is 10.1. The fraction of sp³-hybridized carbons (Fsp3) is 0.286. The molecule has 112 valence electrons. The molecule has 1 heterocycles. The van der Waals surface area contributed by atoms with Crippen LogP contribution in [-0.4, -0.2) is 27.2 Å². The molecule has 0 aliphatic heterocycles. The van der Waals surface area contributed by atoms with Gasteiger partial charge >= 0.3 is 5.97 Å². The topological polar surface area (TPSA) is 64.3 Å². The fourth-order valence-electron chi connectivity index (χ4n) is 1.95. The summed E-state index contributed by atoms with van der Waals surface area (Å²) in [6.45, 7) is 1.95. The number of aliphatic hydroxyl groups is 1. The standard InChI is InChI=1S/C14H14BrClN2O3/c1-3-21-13(20)10-11(18(2)14(15)17-10)12(19)8-4-6-9(16)7-5-8/h4-7,12,19H,3H2,1-2H3. The molecular weight excluding hydrogens is 360 g/mol. The molecule has 7 heteroatoms. The van der Waals surface area contributed by atoms with Crippen LogP contribution >= 0.6 is 27.5 Å². The Morgan fingerprint density at radius 1 is 1.48 bits per heavy atom. The van der Waals surface area contributed by atoms with Crippen molar-refractivity contribution in [3.8, 4) is 0 Å². The number of aliphatic hydroxyl groups excluding tert-OH is 1. The third-order valence-corrected chi connectivity index (χ3v) is 3.96. The summed E-state index contributed by atoms with van der Waals surface area (Å²) in [6.07, 6.45) is -1.01. The molecule has 2 aromatic rings. The van der Waals surface area contributed by atoms with Gasteiger partial charge in [-0.05, 0) is 40.5 Å². The van der Waals surface area contributed by atoms with E-state index in [4.69, 9.17) is 16.3 Å². The SMILES string of the molecule is CCOC(=O)c1nc(Br)n(C)c1C(O)c1ccc(Cl)cc1. The molecule has 0 radical (unpaired) electrons. The van der Waals surface area contributed by atoms with Crippen molar-refractivity contribution in [2.45, 2.75) is 13.0 Å². The summed E-state index contributed by atoms with van der Waals surface area (Å²) in [7, 11) is 1.70. The van der Waals surface area contributed by atoms with Crippen LogP contribution in [0.15, 0.2) is 29.0 Å². The monoisotopic (exact) mass is 372 g/mol. The van der Waals surface area contributed by atoms with Crippen LogP contribution in [0.3, 0.4) is 0 Å². The van der Waals surface area contributed by atoms with E-state index in [1.165, 1.54) is 0 Å². The molecule has 0 fully saturated rings. The number of aromatic nitrogens is 2. The number of ether oxygens (including phenoxy) is 1. The van der Waals surface area contributed by atoms with E-state index in [2.05, 4.69) is 20.9 Å². The Kier molecular flexibility index (Phi) is 5.03. The number of hydrogen-bond donors (Lipinski definition) is 1. The average molecular weight is 374 g/mol. The number of esters is 1. The molecule has 21 heavy (non-hydrogen) atoms. The van der Waals surface area contributed by atoms with Gasteiger partial charge in [-0.2, -0.15) is 0 Å². The Balaban J connectivity index is 2.46. The molecule has 0 aliphatic rings. The van der Waals surface area contributed by atoms with E-state index in [1.807, 2.05) is 0 Å². The second kappa shape index (κ2) is 6.60. The minimum Gasteiger partial charge on any atom is -0.461 e. The molecule has 0 saturated heterocycles. The summed E-state index contributed by atoms with van der Waals surface area (Å²) >= 11 is 9.09. The van der Waals surface area contributed by atoms with E-state index in [9.17, 15) is 9.90 Å². The first kappa shape index (κ1) is 16.0. The second-order valence-electron chi connectivity index (χ2n) is 4.35. The van der Waals surface area contributed by atoms with Gasteiger partial charge in [0, 0.05) is 12.1 Å². The third-order valence-electron chi connectivity index (χ3n) is 3.00. The van der Waals surface area contributed by atoms with Crippen LogP contribution < -0.4 is 0 Å². The maximum atomic E-state index is 12.0. The van der Waals surface area contributed by atoms with Crippen LogP contribution in [0, 0.1) is 0 Å². The smallest absolute Gasteiger partial charge is 0.358 e. The van der Waals surface area contributed by atoms with Crippen LogP contribution in [0.5, 0.6) is 0 Å². The Bertz CT molecular complexity index is 655. The molecule has 1 aromatic carbocycles. The highest BCUT2D eigenvalue weighted by Crippen LogP contribution is 2.28. The van der Waals surface area contributed by atoms with Gasteiger partial charge in [-0.3, -0.25) is 0 Å². The lowest BCUT2D eigenvalue weighted by Gasteiger charge is -2.14. The van der Waals surface area contributed by atoms with Gasteiger partial charge in [0.15, 0.2) is 10.4 Å². The van der Waals surface area contributed by atoms with Crippen molar-refractivity contribution in [3.63, 3.8) is 0 Å². The fourth-order valence-corrected chi connectivity index (χ4v) is 2.44. The predicted octanol–water partition coefficient (Wildman–Crippen LogP) is 3.09. The zero-order valence-electron chi connectivity index (χ0n) is 11.5. The van der Waals surface area contributed by atoms with Crippen LogP contribution in [0.4, 0.5) is 0 Å².